The van der Waals surface area contributed by atoms with Gasteiger partial charge in [0.05, 0.1) is 4.92 Å². The molecule has 148 valence electrons. The number of hydrogen-bond donors (Lipinski definition) is 2. The molecule has 0 spiro atoms. The van der Waals surface area contributed by atoms with Crippen LogP contribution in [0.2, 0.25) is 0 Å². The van der Waals surface area contributed by atoms with Gasteiger partial charge in [-0.25, -0.2) is 9.48 Å². The lowest BCUT2D eigenvalue weighted by atomic mass is 10.0. The summed E-state index contributed by atoms with van der Waals surface area (Å²) in [7, 11) is 0. The van der Waals surface area contributed by atoms with Crippen LogP contribution in [0, 0.1) is 23.0 Å². The van der Waals surface area contributed by atoms with E-state index in [-0.39, 0.29) is 29.4 Å². The average Bonchev–Trinajstić information content (AvgIpc) is 2.60. The van der Waals surface area contributed by atoms with Crippen LogP contribution in [0.5, 0.6) is 0 Å². The molecule has 10 nitrogen and oxygen atoms in total. The normalized spacial score (nSPS) is 11.9. The molecule has 0 radical (unpaired) electrons. The lowest BCUT2D eigenvalue weighted by Gasteiger charge is -2.16. The van der Waals surface area contributed by atoms with Crippen LogP contribution in [0.3, 0.4) is 0 Å². The van der Waals surface area contributed by atoms with Gasteiger partial charge >= 0.3 is 5.97 Å². The molecule has 0 bridgehead atoms. The molecule has 1 amide bonds. The minimum atomic E-state index is -1.23. The highest BCUT2D eigenvalue weighted by Crippen LogP contribution is 2.22. The van der Waals surface area contributed by atoms with Crippen molar-refractivity contribution in [2.24, 2.45) is 5.92 Å². The zero-order valence-corrected chi connectivity index (χ0v) is 15.6. The van der Waals surface area contributed by atoms with Crippen LogP contribution in [0.15, 0.2) is 35.1 Å². The van der Waals surface area contributed by atoms with Crippen molar-refractivity contribution in [3.8, 4) is 5.69 Å². The quantitative estimate of drug-likeness (QED) is 0.542. The first kappa shape index (κ1) is 20.7. The SMILES string of the molecule is Cc1cc(=O)c(C(=O)N[C@H](CC(C)C)C(=O)O)nn1-c1ccccc1[N+](=O)[O-]. The molecule has 0 saturated heterocycles. The molecule has 0 saturated carbocycles. The van der Waals surface area contributed by atoms with Crippen LogP contribution in [0.4, 0.5) is 5.69 Å². The maximum atomic E-state index is 12.5. The molecule has 0 aliphatic rings. The summed E-state index contributed by atoms with van der Waals surface area (Å²) in [6.07, 6.45) is 0.172. The highest BCUT2D eigenvalue weighted by atomic mass is 16.6. The van der Waals surface area contributed by atoms with E-state index in [2.05, 4.69) is 10.4 Å². The zero-order chi connectivity index (χ0) is 21.0. The Kier molecular flexibility index (Phi) is 6.24. The topological polar surface area (TPSA) is 144 Å². The Morgan fingerprint density at radius 3 is 2.54 bits per heavy atom. The van der Waals surface area contributed by atoms with E-state index in [1.165, 1.54) is 25.1 Å². The Labute approximate surface area is 160 Å². The van der Waals surface area contributed by atoms with Gasteiger partial charge in [-0.15, -0.1) is 0 Å². The maximum Gasteiger partial charge on any atom is 0.326 e. The molecule has 1 atom stereocenters. The lowest BCUT2D eigenvalue weighted by Crippen LogP contribution is -2.43. The van der Waals surface area contributed by atoms with Crippen LogP contribution in [0.25, 0.3) is 5.69 Å². The minimum absolute atomic E-state index is 0.00370. The minimum Gasteiger partial charge on any atom is -0.480 e. The second kappa shape index (κ2) is 8.42. The van der Waals surface area contributed by atoms with Crippen LogP contribution in [-0.4, -0.2) is 37.7 Å². The third kappa shape index (κ3) is 4.58. The number of nitrogens with zero attached hydrogens (tertiary/aromatic N) is 3. The second-order valence-corrected chi connectivity index (χ2v) is 6.65. The summed E-state index contributed by atoms with van der Waals surface area (Å²) in [5.41, 5.74) is -1.14. The van der Waals surface area contributed by atoms with Gasteiger partial charge in [-0.05, 0) is 25.3 Å². The number of aliphatic carboxylic acids is 1. The summed E-state index contributed by atoms with van der Waals surface area (Å²) in [6, 6.07) is 5.69. The largest absolute Gasteiger partial charge is 0.480 e. The monoisotopic (exact) mass is 388 g/mol. The number of nitro benzene ring substituents is 1. The molecular formula is C18H20N4O6. The number of amides is 1. The van der Waals surface area contributed by atoms with Crippen molar-refractivity contribution in [3.63, 3.8) is 0 Å². The van der Waals surface area contributed by atoms with Gasteiger partial charge in [0.2, 0.25) is 5.43 Å². The van der Waals surface area contributed by atoms with Crippen molar-refractivity contribution in [1.82, 2.24) is 15.1 Å². The Hall–Kier alpha value is -3.56. The first-order valence-electron chi connectivity index (χ1n) is 8.50. The fourth-order valence-corrected chi connectivity index (χ4v) is 2.67. The number of carbonyl (C=O) groups is 2. The first-order chi connectivity index (χ1) is 13.1. The molecule has 2 rings (SSSR count). The standard InChI is InChI=1S/C18H20N4O6/c1-10(2)8-12(18(25)26)19-17(24)16-15(23)9-11(3)21(20-16)13-6-4-5-7-14(13)22(27)28/h4-7,9-10,12H,8H2,1-3H3,(H,19,24)(H,25,26)/t12-/m1/s1. The van der Waals surface area contributed by atoms with Gasteiger partial charge in [0.25, 0.3) is 11.6 Å². The van der Waals surface area contributed by atoms with Crippen LogP contribution < -0.4 is 10.7 Å². The van der Waals surface area contributed by atoms with Crippen molar-refractivity contribution in [2.75, 3.05) is 0 Å². The van der Waals surface area contributed by atoms with Crippen molar-refractivity contribution < 1.29 is 19.6 Å². The number of nitro groups is 1. The number of benzene rings is 1. The van der Waals surface area contributed by atoms with E-state index in [4.69, 9.17) is 0 Å². The lowest BCUT2D eigenvalue weighted by molar-refractivity contribution is -0.384. The Morgan fingerprint density at radius 2 is 1.96 bits per heavy atom. The van der Waals surface area contributed by atoms with E-state index in [1.807, 2.05) is 0 Å². The molecule has 0 unspecified atom stereocenters. The molecule has 1 heterocycles. The summed E-state index contributed by atoms with van der Waals surface area (Å²) in [4.78, 5) is 46.8. The number of hydrogen-bond acceptors (Lipinski definition) is 6. The molecule has 0 aliphatic carbocycles. The van der Waals surface area contributed by atoms with Gasteiger partial charge in [-0.2, -0.15) is 5.10 Å². The molecule has 28 heavy (non-hydrogen) atoms. The molecule has 10 heteroatoms. The first-order valence-corrected chi connectivity index (χ1v) is 8.50. The predicted molar refractivity (Wildman–Crippen MR) is 99.6 cm³/mol. The molecule has 0 aliphatic heterocycles. The van der Waals surface area contributed by atoms with E-state index >= 15 is 0 Å². The van der Waals surface area contributed by atoms with Crippen LogP contribution in [-0.2, 0) is 4.79 Å². The van der Waals surface area contributed by atoms with Crippen molar-refractivity contribution in [3.05, 3.63) is 62.1 Å². The van der Waals surface area contributed by atoms with Crippen molar-refractivity contribution >= 4 is 17.6 Å². The predicted octanol–water partition coefficient (Wildman–Crippen LogP) is 1.68. The average molecular weight is 388 g/mol. The van der Waals surface area contributed by atoms with E-state index in [9.17, 15) is 29.6 Å². The molecular weight excluding hydrogens is 368 g/mol. The molecule has 1 aromatic heterocycles. The molecule has 2 N–H and O–H groups in total. The summed E-state index contributed by atoms with van der Waals surface area (Å²) in [6.45, 7) is 5.12. The maximum absolute atomic E-state index is 12.5. The number of aromatic nitrogens is 2. The number of para-hydroxylation sites is 2. The highest BCUT2D eigenvalue weighted by molar-refractivity contribution is 5.94. The summed E-state index contributed by atoms with van der Waals surface area (Å²) < 4.78 is 1.12. The number of carboxylic acid groups (broad SMARTS) is 1. The molecule has 1 aromatic carbocycles. The second-order valence-electron chi connectivity index (χ2n) is 6.65. The summed E-state index contributed by atoms with van der Waals surface area (Å²) >= 11 is 0. The van der Waals surface area contributed by atoms with Gasteiger partial charge in [0, 0.05) is 17.8 Å². The Bertz CT molecular complexity index is 982. The number of nitrogens with one attached hydrogen (secondary N) is 1. The zero-order valence-electron chi connectivity index (χ0n) is 15.6. The smallest absolute Gasteiger partial charge is 0.326 e. The van der Waals surface area contributed by atoms with Gasteiger partial charge in [0.15, 0.2) is 5.69 Å². The van der Waals surface area contributed by atoms with E-state index in [1.54, 1.807) is 19.9 Å². The number of aryl methyl sites for hydroxylation is 1. The van der Waals surface area contributed by atoms with E-state index in [0.717, 1.165) is 10.7 Å². The van der Waals surface area contributed by atoms with Crippen molar-refractivity contribution in [1.29, 1.82) is 0 Å². The van der Waals surface area contributed by atoms with Gasteiger partial charge in [-0.3, -0.25) is 19.7 Å². The third-order valence-electron chi connectivity index (χ3n) is 3.94. The Balaban J connectivity index is 2.49. The Morgan fingerprint density at radius 1 is 1.32 bits per heavy atom. The van der Waals surface area contributed by atoms with Gasteiger partial charge in [-0.1, -0.05) is 26.0 Å². The fraction of sp³-hybridized carbons (Fsp3) is 0.333. The van der Waals surface area contributed by atoms with Gasteiger partial charge in [0.1, 0.15) is 11.7 Å². The molecule has 0 fully saturated rings. The third-order valence-corrected chi connectivity index (χ3v) is 3.94. The summed E-state index contributed by atoms with van der Waals surface area (Å²) in [5.74, 6) is -2.19. The van der Waals surface area contributed by atoms with E-state index < -0.39 is 34.0 Å². The van der Waals surface area contributed by atoms with Crippen molar-refractivity contribution in [2.45, 2.75) is 33.2 Å². The molecule has 2 aromatic rings. The summed E-state index contributed by atoms with van der Waals surface area (Å²) in [5, 5.41) is 26.8. The number of carboxylic acids is 1. The number of carbonyl (C=O) groups excluding carboxylic acids is 1. The van der Waals surface area contributed by atoms with Gasteiger partial charge < -0.3 is 10.4 Å². The van der Waals surface area contributed by atoms with Crippen LogP contribution in [0.1, 0.15) is 36.5 Å². The number of rotatable bonds is 7. The van der Waals surface area contributed by atoms with Crippen LogP contribution >= 0.6 is 0 Å². The van der Waals surface area contributed by atoms with E-state index in [0.29, 0.717) is 0 Å². The highest BCUT2D eigenvalue weighted by Gasteiger charge is 2.25. The fourth-order valence-electron chi connectivity index (χ4n) is 2.67.